The number of carbonyl (C=O) groups is 1. The van der Waals surface area contributed by atoms with Crippen LogP contribution in [0.1, 0.15) is 19.4 Å². The summed E-state index contributed by atoms with van der Waals surface area (Å²) in [4.78, 5) is 11.9. The summed E-state index contributed by atoms with van der Waals surface area (Å²) in [7, 11) is 0. The van der Waals surface area contributed by atoms with Gasteiger partial charge in [0.25, 0.3) is 0 Å². The van der Waals surface area contributed by atoms with Gasteiger partial charge in [-0.25, -0.2) is 0 Å². The number of hydrogen-bond donors (Lipinski definition) is 2. The lowest BCUT2D eigenvalue weighted by Crippen LogP contribution is -2.34. The Hall–Kier alpha value is -1.22. The van der Waals surface area contributed by atoms with Crippen molar-refractivity contribution in [3.8, 4) is 0 Å². The average Bonchev–Trinajstić information content (AvgIpc) is 2.25. The molecular formula is C12H15ClN2O. The van der Waals surface area contributed by atoms with Crippen LogP contribution in [0.25, 0.3) is 0 Å². The molecule has 1 aromatic carbocycles. The van der Waals surface area contributed by atoms with Crippen LogP contribution in [0, 0.1) is 12.3 Å². The van der Waals surface area contributed by atoms with Gasteiger partial charge in [-0.2, -0.15) is 0 Å². The molecule has 0 bridgehead atoms. The number of anilines is 2. The molecule has 0 aliphatic carbocycles. The largest absolute Gasteiger partial charge is 0.382 e. The molecule has 1 heterocycles. The smallest absolute Gasteiger partial charge is 0.231 e. The Morgan fingerprint density at radius 2 is 2.06 bits per heavy atom. The third-order valence-corrected chi connectivity index (χ3v) is 3.09. The molecule has 0 radical (unpaired) electrons. The molecule has 0 saturated heterocycles. The summed E-state index contributed by atoms with van der Waals surface area (Å²) in [5.74, 6) is 0.0143. The molecule has 3 nitrogen and oxygen atoms in total. The molecule has 1 aliphatic rings. The van der Waals surface area contributed by atoms with Gasteiger partial charge in [0, 0.05) is 11.6 Å². The van der Waals surface area contributed by atoms with Crippen molar-refractivity contribution in [2.45, 2.75) is 20.8 Å². The Labute approximate surface area is 100 Å². The van der Waals surface area contributed by atoms with Gasteiger partial charge in [-0.3, -0.25) is 4.79 Å². The Balaban J connectivity index is 2.49. The first-order valence-corrected chi connectivity index (χ1v) is 5.63. The van der Waals surface area contributed by atoms with Gasteiger partial charge < -0.3 is 10.6 Å². The average molecular weight is 239 g/mol. The maximum Gasteiger partial charge on any atom is 0.231 e. The summed E-state index contributed by atoms with van der Waals surface area (Å²) >= 11 is 5.97. The van der Waals surface area contributed by atoms with E-state index in [1.165, 1.54) is 0 Å². The summed E-state index contributed by atoms with van der Waals surface area (Å²) in [6.07, 6.45) is 0. The standard InChI is InChI=1S/C12H15ClN2O/c1-7-4-8(13)5-9-10(7)14-6-12(2,3)11(16)15-9/h4-5,14H,6H2,1-3H3,(H,15,16). The lowest BCUT2D eigenvalue weighted by molar-refractivity contribution is -0.123. The van der Waals surface area contributed by atoms with Crippen molar-refractivity contribution >= 4 is 28.9 Å². The number of nitrogens with one attached hydrogen (secondary N) is 2. The van der Waals surface area contributed by atoms with Gasteiger partial charge in [-0.1, -0.05) is 11.6 Å². The third-order valence-electron chi connectivity index (χ3n) is 2.87. The van der Waals surface area contributed by atoms with Crippen molar-refractivity contribution in [3.63, 3.8) is 0 Å². The van der Waals surface area contributed by atoms with Gasteiger partial charge in [-0.05, 0) is 38.5 Å². The molecule has 86 valence electrons. The zero-order valence-electron chi connectivity index (χ0n) is 9.65. The Bertz CT molecular complexity index is 455. The minimum atomic E-state index is -0.419. The summed E-state index contributed by atoms with van der Waals surface area (Å²) in [5.41, 5.74) is 2.35. The van der Waals surface area contributed by atoms with Crippen LogP contribution >= 0.6 is 11.6 Å². The Kier molecular flexibility index (Phi) is 2.58. The molecule has 1 aromatic rings. The van der Waals surface area contributed by atoms with Gasteiger partial charge in [0.05, 0.1) is 16.8 Å². The number of aryl methyl sites for hydroxylation is 1. The van der Waals surface area contributed by atoms with E-state index in [1.807, 2.05) is 26.8 Å². The molecule has 2 rings (SSSR count). The van der Waals surface area contributed by atoms with Crippen molar-refractivity contribution in [3.05, 3.63) is 22.7 Å². The van der Waals surface area contributed by atoms with Crippen LogP contribution in [0.15, 0.2) is 12.1 Å². The highest BCUT2D eigenvalue weighted by Crippen LogP contribution is 2.34. The van der Waals surface area contributed by atoms with Crippen LogP contribution in [0.3, 0.4) is 0 Å². The first kappa shape index (κ1) is 11.3. The highest BCUT2D eigenvalue weighted by atomic mass is 35.5. The Morgan fingerprint density at radius 3 is 2.75 bits per heavy atom. The fourth-order valence-corrected chi connectivity index (χ4v) is 2.03. The zero-order valence-corrected chi connectivity index (χ0v) is 10.4. The summed E-state index contributed by atoms with van der Waals surface area (Å²) in [6, 6.07) is 3.66. The molecule has 0 saturated carbocycles. The molecule has 0 atom stereocenters. The molecule has 1 amide bonds. The monoisotopic (exact) mass is 238 g/mol. The number of hydrogen-bond acceptors (Lipinski definition) is 2. The molecular weight excluding hydrogens is 224 g/mol. The fourth-order valence-electron chi connectivity index (χ4n) is 1.76. The second-order valence-electron chi connectivity index (χ2n) is 4.84. The second-order valence-corrected chi connectivity index (χ2v) is 5.27. The quantitative estimate of drug-likeness (QED) is 0.730. The highest BCUT2D eigenvalue weighted by molar-refractivity contribution is 6.31. The van der Waals surface area contributed by atoms with Crippen molar-refractivity contribution in [2.75, 3.05) is 17.2 Å². The lowest BCUT2D eigenvalue weighted by Gasteiger charge is -2.19. The Morgan fingerprint density at radius 1 is 1.38 bits per heavy atom. The molecule has 1 aliphatic heterocycles. The van der Waals surface area contributed by atoms with E-state index in [-0.39, 0.29) is 5.91 Å². The second kappa shape index (κ2) is 3.67. The van der Waals surface area contributed by atoms with Crippen LogP contribution in [-0.2, 0) is 4.79 Å². The molecule has 16 heavy (non-hydrogen) atoms. The van der Waals surface area contributed by atoms with Gasteiger partial charge >= 0.3 is 0 Å². The van der Waals surface area contributed by atoms with Crippen molar-refractivity contribution < 1.29 is 4.79 Å². The maximum absolute atomic E-state index is 11.9. The lowest BCUT2D eigenvalue weighted by atomic mass is 9.93. The molecule has 0 spiro atoms. The molecule has 0 fully saturated rings. The minimum Gasteiger partial charge on any atom is -0.382 e. The van der Waals surface area contributed by atoms with Gasteiger partial charge in [-0.15, -0.1) is 0 Å². The number of carbonyl (C=O) groups excluding carboxylic acids is 1. The predicted molar refractivity (Wildman–Crippen MR) is 67.1 cm³/mol. The summed E-state index contributed by atoms with van der Waals surface area (Å²) in [5, 5.41) is 6.84. The van der Waals surface area contributed by atoms with Crippen molar-refractivity contribution in [2.24, 2.45) is 5.41 Å². The van der Waals surface area contributed by atoms with E-state index in [0.29, 0.717) is 11.6 Å². The zero-order chi connectivity index (χ0) is 11.9. The summed E-state index contributed by atoms with van der Waals surface area (Å²) in [6.45, 7) is 6.42. The van der Waals surface area contributed by atoms with Crippen molar-refractivity contribution in [1.29, 1.82) is 0 Å². The van der Waals surface area contributed by atoms with E-state index in [1.54, 1.807) is 6.07 Å². The fraction of sp³-hybridized carbons (Fsp3) is 0.417. The predicted octanol–water partition coefficient (Wildman–Crippen LogP) is 3.04. The number of halogens is 1. The van der Waals surface area contributed by atoms with E-state index in [4.69, 9.17) is 11.6 Å². The summed E-state index contributed by atoms with van der Waals surface area (Å²) < 4.78 is 0. The van der Waals surface area contributed by atoms with Gasteiger partial charge in [0.1, 0.15) is 0 Å². The van der Waals surface area contributed by atoms with Crippen LogP contribution in [0.4, 0.5) is 11.4 Å². The molecule has 0 aromatic heterocycles. The number of rotatable bonds is 0. The van der Waals surface area contributed by atoms with Crippen LogP contribution in [0.2, 0.25) is 5.02 Å². The first-order chi connectivity index (χ1) is 7.40. The SMILES string of the molecule is Cc1cc(Cl)cc2c1NCC(C)(C)C(=O)N2. The van der Waals surface area contributed by atoms with Crippen molar-refractivity contribution in [1.82, 2.24) is 0 Å². The van der Waals surface area contributed by atoms with E-state index in [2.05, 4.69) is 10.6 Å². The van der Waals surface area contributed by atoms with E-state index < -0.39 is 5.41 Å². The highest BCUT2D eigenvalue weighted by Gasteiger charge is 2.31. The number of fused-ring (bicyclic) bond motifs is 1. The van der Waals surface area contributed by atoms with Gasteiger partial charge in [0.15, 0.2) is 0 Å². The van der Waals surface area contributed by atoms with Crippen LogP contribution in [0.5, 0.6) is 0 Å². The molecule has 0 unspecified atom stereocenters. The minimum absolute atomic E-state index is 0.0143. The molecule has 4 heteroatoms. The van der Waals surface area contributed by atoms with E-state index in [9.17, 15) is 4.79 Å². The molecule has 2 N–H and O–H groups in total. The van der Waals surface area contributed by atoms with Gasteiger partial charge in [0.2, 0.25) is 5.91 Å². The number of amides is 1. The maximum atomic E-state index is 11.9. The van der Waals surface area contributed by atoms with Crippen LogP contribution in [-0.4, -0.2) is 12.5 Å². The van der Waals surface area contributed by atoms with E-state index in [0.717, 1.165) is 16.9 Å². The first-order valence-electron chi connectivity index (χ1n) is 5.25. The topological polar surface area (TPSA) is 41.1 Å². The number of benzene rings is 1. The normalized spacial score (nSPS) is 18.1. The third kappa shape index (κ3) is 1.87. The van der Waals surface area contributed by atoms with Crippen LogP contribution < -0.4 is 10.6 Å². The van der Waals surface area contributed by atoms with E-state index >= 15 is 0 Å².